The number of aromatic nitrogens is 1. The maximum absolute atomic E-state index is 12.1. The molecule has 136 valence electrons. The fourth-order valence-electron chi connectivity index (χ4n) is 3.01. The standard InChI is InChI=1S/C19H25N3OS.ClH/c1-2-14-3-5-16(6-4-14)19-22-17(13-24-19)11-18(23)21-10-8-15-7-9-20-12-15;/h3-6,13,15,20H,2,7-12H2,1H3,(H,21,23);1H. The van der Waals surface area contributed by atoms with E-state index in [9.17, 15) is 4.79 Å². The van der Waals surface area contributed by atoms with Crippen molar-refractivity contribution in [3.05, 3.63) is 40.9 Å². The lowest BCUT2D eigenvalue weighted by atomic mass is 10.1. The van der Waals surface area contributed by atoms with E-state index in [-0.39, 0.29) is 18.3 Å². The highest BCUT2D eigenvalue weighted by molar-refractivity contribution is 7.13. The van der Waals surface area contributed by atoms with Gasteiger partial charge in [0.05, 0.1) is 12.1 Å². The van der Waals surface area contributed by atoms with E-state index in [0.717, 1.165) is 48.7 Å². The van der Waals surface area contributed by atoms with Gasteiger partial charge in [-0.05, 0) is 43.8 Å². The van der Waals surface area contributed by atoms with Gasteiger partial charge in [-0.3, -0.25) is 4.79 Å². The highest BCUT2D eigenvalue weighted by Gasteiger charge is 2.14. The smallest absolute Gasteiger partial charge is 0.226 e. The van der Waals surface area contributed by atoms with E-state index in [2.05, 4.69) is 46.8 Å². The van der Waals surface area contributed by atoms with Gasteiger partial charge in [0.1, 0.15) is 5.01 Å². The Labute approximate surface area is 159 Å². The van der Waals surface area contributed by atoms with E-state index in [0.29, 0.717) is 12.3 Å². The molecule has 4 nitrogen and oxygen atoms in total. The van der Waals surface area contributed by atoms with Crippen molar-refractivity contribution in [3.63, 3.8) is 0 Å². The Morgan fingerprint density at radius 1 is 1.36 bits per heavy atom. The lowest BCUT2D eigenvalue weighted by Gasteiger charge is -2.08. The van der Waals surface area contributed by atoms with Crippen molar-refractivity contribution in [2.75, 3.05) is 19.6 Å². The second kappa shape index (κ2) is 9.90. The molecule has 6 heteroatoms. The van der Waals surface area contributed by atoms with Gasteiger partial charge >= 0.3 is 0 Å². The van der Waals surface area contributed by atoms with Gasteiger partial charge in [-0.25, -0.2) is 4.98 Å². The molecule has 25 heavy (non-hydrogen) atoms. The van der Waals surface area contributed by atoms with Gasteiger partial charge in [0.25, 0.3) is 0 Å². The molecule has 0 saturated carbocycles. The third-order valence-electron chi connectivity index (χ3n) is 4.54. The molecule has 0 bridgehead atoms. The van der Waals surface area contributed by atoms with Crippen LogP contribution in [-0.2, 0) is 17.6 Å². The molecule has 1 aromatic heterocycles. The van der Waals surface area contributed by atoms with Crippen LogP contribution in [-0.4, -0.2) is 30.5 Å². The number of carbonyl (C=O) groups excluding carboxylic acids is 1. The fraction of sp³-hybridized carbons (Fsp3) is 0.474. The zero-order valence-corrected chi connectivity index (χ0v) is 16.2. The summed E-state index contributed by atoms with van der Waals surface area (Å²) < 4.78 is 0. The van der Waals surface area contributed by atoms with Crippen LogP contribution in [0.1, 0.15) is 31.0 Å². The molecule has 1 saturated heterocycles. The Balaban J connectivity index is 0.00000225. The second-order valence-corrected chi connectivity index (χ2v) is 7.23. The Hall–Kier alpha value is -1.43. The summed E-state index contributed by atoms with van der Waals surface area (Å²) in [5.41, 5.74) is 3.31. The number of benzene rings is 1. The summed E-state index contributed by atoms with van der Waals surface area (Å²) in [6, 6.07) is 8.50. The normalized spacial score (nSPS) is 16.4. The average molecular weight is 380 g/mol. The van der Waals surface area contributed by atoms with Crippen molar-refractivity contribution >= 4 is 29.7 Å². The molecular weight excluding hydrogens is 354 g/mol. The number of amides is 1. The molecule has 2 aromatic rings. The van der Waals surface area contributed by atoms with Crippen molar-refractivity contribution in [1.82, 2.24) is 15.6 Å². The fourth-order valence-corrected chi connectivity index (χ4v) is 3.83. The van der Waals surface area contributed by atoms with Crippen LogP contribution in [0, 0.1) is 5.92 Å². The van der Waals surface area contributed by atoms with Gasteiger partial charge in [-0.2, -0.15) is 0 Å². The predicted molar refractivity (Wildman–Crippen MR) is 106 cm³/mol. The Bertz CT molecular complexity index is 666. The van der Waals surface area contributed by atoms with E-state index in [1.807, 2.05) is 5.38 Å². The summed E-state index contributed by atoms with van der Waals surface area (Å²) in [4.78, 5) is 16.7. The maximum Gasteiger partial charge on any atom is 0.226 e. The molecule has 3 rings (SSSR count). The number of carbonyl (C=O) groups is 1. The molecule has 1 fully saturated rings. The first-order valence-electron chi connectivity index (χ1n) is 8.75. The van der Waals surface area contributed by atoms with Crippen LogP contribution in [0.5, 0.6) is 0 Å². The minimum Gasteiger partial charge on any atom is -0.356 e. The molecule has 1 atom stereocenters. The first-order valence-corrected chi connectivity index (χ1v) is 9.63. The van der Waals surface area contributed by atoms with Gasteiger partial charge < -0.3 is 10.6 Å². The number of halogens is 1. The zero-order valence-electron chi connectivity index (χ0n) is 14.6. The summed E-state index contributed by atoms with van der Waals surface area (Å²) in [7, 11) is 0. The van der Waals surface area contributed by atoms with Crippen molar-refractivity contribution in [2.45, 2.75) is 32.6 Å². The highest BCUT2D eigenvalue weighted by Crippen LogP contribution is 2.24. The van der Waals surface area contributed by atoms with Gasteiger partial charge in [0.2, 0.25) is 5.91 Å². The summed E-state index contributed by atoms with van der Waals surface area (Å²) >= 11 is 1.60. The molecule has 1 aliphatic rings. The van der Waals surface area contributed by atoms with E-state index in [1.165, 1.54) is 12.0 Å². The maximum atomic E-state index is 12.1. The SMILES string of the molecule is CCc1ccc(-c2nc(CC(=O)NCCC3CCNC3)cs2)cc1.Cl. The van der Waals surface area contributed by atoms with E-state index in [1.54, 1.807) is 11.3 Å². The monoisotopic (exact) mass is 379 g/mol. The van der Waals surface area contributed by atoms with Crippen LogP contribution in [0.3, 0.4) is 0 Å². The molecular formula is C19H26ClN3OS. The van der Waals surface area contributed by atoms with Gasteiger partial charge in [0.15, 0.2) is 0 Å². The first-order chi connectivity index (χ1) is 11.7. The molecule has 1 unspecified atom stereocenters. The van der Waals surface area contributed by atoms with Gasteiger partial charge in [-0.1, -0.05) is 31.2 Å². The number of nitrogens with zero attached hydrogens (tertiary/aromatic N) is 1. The molecule has 0 aliphatic carbocycles. The van der Waals surface area contributed by atoms with Crippen molar-refractivity contribution in [3.8, 4) is 10.6 Å². The number of nitrogens with one attached hydrogen (secondary N) is 2. The number of hydrogen-bond donors (Lipinski definition) is 2. The number of thiazole rings is 1. The molecule has 1 aromatic carbocycles. The summed E-state index contributed by atoms with van der Waals surface area (Å²) in [5.74, 6) is 0.779. The van der Waals surface area contributed by atoms with E-state index < -0.39 is 0 Å². The zero-order chi connectivity index (χ0) is 16.8. The number of rotatable bonds is 7. The highest BCUT2D eigenvalue weighted by atomic mass is 35.5. The van der Waals surface area contributed by atoms with Crippen molar-refractivity contribution in [1.29, 1.82) is 0 Å². The van der Waals surface area contributed by atoms with Crippen LogP contribution in [0.25, 0.3) is 10.6 Å². The summed E-state index contributed by atoms with van der Waals surface area (Å²) in [5, 5.41) is 9.35. The van der Waals surface area contributed by atoms with Gasteiger partial charge in [0, 0.05) is 17.5 Å². The third-order valence-corrected chi connectivity index (χ3v) is 5.48. The number of aryl methyl sites for hydroxylation is 1. The second-order valence-electron chi connectivity index (χ2n) is 6.37. The molecule has 1 aliphatic heterocycles. The first kappa shape index (κ1) is 19.9. The summed E-state index contributed by atoms with van der Waals surface area (Å²) in [6.45, 7) is 5.11. The van der Waals surface area contributed by atoms with E-state index >= 15 is 0 Å². The molecule has 0 radical (unpaired) electrons. The molecule has 2 N–H and O–H groups in total. The van der Waals surface area contributed by atoms with Crippen molar-refractivity contribution in [2.24, 2.45) is 5.92 Å². The minimum atomic E-state index is 0. The van der Waals surface area contributed by atoms with E-state index in [4.69, 9.17) is 0 Å². The Morgan fingerprint density at radius 2 is 2.16 bits per heavy atom. The molecule has 1 amide bonds. The largest absolute Gasteiger partial charge is 0.356 e. The topological polar surface area (TPSA) is 54.0 Å². The minimum absolute atomic E-state index is 0. The molecule has 0 spiro atoms. The van der Waals surface area contributed by atoms with Gasteiger partial charge in [-0.15, -0.1) is 23.7 Å². The summed E-state index contributed by atoms with van der Waals surface area (Å²) in [6.07, 6.45) is 3.69. The van der Waals surface area contributed by atoms with Crippen LogP contribution in [0.15, 0.2) is 29.6 Å². The predicted octanol–water partition coefficient (Wildman–Crippen LogP) is 3.45. The Morgan fingerprint density at radius 3 is 2.84 bits per heavy atom. The van der Waals surface area contributed by atoms with Crippen molar-refractivity contribution < 1.29 is 4.79 Å². The molecule has 2 heterocycles. The quantitative estimate of drug-likeness (QED) is 0.774. The lowest BCUT2D eigenvalue weighted by Crippen LogP contribution is -2.27. The van der Waals surface area contributed by atoms with Crippen LogP contribution >= 0.6 is 23.7 Å². The number of hydrogen-bond acceptors (Lipinski definition) is 4. The van der Waals surface area contributed by atoms with Crippen LogP contribution in [0.4, 0.5) is 0 Å². The third kappa shape index (κ3) is 5.80. The van der Waals surface area contributed by atoms with Crippen LogP contribution < -0.4 is 10.6 Å². The van der Waals surface area contributed by atoms with Crippen LogP contribution in [0.2, 0.25) is 0 Å². The lowest BCUT2D eigenvalue weighted by molar-refractivity contribution is -0.120. The Kier molecular flexibility index (Phi) is 7.88. The average Bonchev–Trinajstić information content (AvgIpc) is 3.27.